The minimum absolute atomic E-state index is 0.850. The molecular formula is C13H12AsClO. The van der Waals surface area contributed by atoms with Crippen molar-refractivity contribution in [3.8, 4) is 11.5 Å². The first-order valence-electron chi connectivity index (χ1n) is 4.99. The Bertz CT molecular complexity index is 456. The molecule has 2 aromatic carbocycles. The fraction of sp³-hybridized carbons (Fsp3) is 0.0769. The zero-order valence-corrected chi connectivity index (χ0v) is 11.6. The number of benzene rings is 2. The Morgan fingerprint density at radius 1 is 0.938 bits per heavy atom. The van der Waals surface area contributed by atoms with Crippen LogP contribution in [0.3, 0.4) is 0 Å². The van der Waals surface area contributed by atoms with Gasteiger partial charge in [0.1, 0.15) is 0 Å². The van der Waals surface area contributed by atoms with Gasteiger partial charge in [0.25, 0.3) is 0 Å². The summed E-state index contributed by atoms with van der Waals surface area (Å²) in [5, 5.41) is 0. The first-order chi connectivity index (χ1) is 7.77. The van der Waals surface area contributed by atoms with E-state index in [0.29, 0.717) is 0 Å². The van der Waals surface area contributed by atoms with Gasteiger partial charge in [-0.2, -0.15) is 0 Å². The van der Waals surface area contributed by atoms with E-state index in [-0.39, 0.29) is 0 Å². The molecule has 1 nitrogen and oxygen atoms in total. The third-order valence-electron chi connectivity index (χ3n) is 2.17. The van der Waals surface area contributed by atoms with Crippen molar-refractivity contribution in [2.75, 3.05) is 0 Å². The molecule has 2 rings (SSSR count). The van der Waals surface area contributed by atoms with Gasteiger partial charge in [0.05, 0.1) is 0 Å². The maximum absolute atomic E-state index is 6.24. The standard InChI is InChI=1S/C13H12AsClO/c1-14(15)12-9-5-6-10-13(12)16-11-7-3-2-4-8-11/h2-10H,1H3. The molecule has 0 aliphatic heterocycles. The van der Waals surface area contributed by atoms with E-state index in [2.05, 4.69) is 5.71 Å². The average molecular weight is 295 g/mol. The summed E-state index contributed by atoms with van der Waals surface area (Å²) in [6, 6.07) is 17.8. The van der Waals surface area contributed by atoms with Gasteiger partial charge in [-0.25, -0.2) is 0 Å². The van der Waals surface area contributed by atoms with E-state index >= 15 is 0 Å². The molecule has 0 saturated carbocycles. The predicted octanol–water partition coefficient (Wildman–Crippen LogP) is 3.55. The summed E-state index contributed by atoms with van der Waals surface area (Å²) in [6.07, 6.45) is 0. The number of hydrogen-bond acceptors (Lipinski definition) is 1. The van der Waals surface area contributed by atoms with Crippen LogP contribution in [0, 0.1) is 0 Å². The number of hydrogen-bond donors (Lipinski definition) is 0. The monoisotopic (exact) mass is 294 g/mol. The normalized spacial score (nSPS) is 12.1. The Hall–Kier alpha value is -0.912. The van der Waals surface area contributed by atoms with Gasteiger partial charge < -0.3 is 0 Å². The second-order valence-corrected chi connectivity index (χ2v) is 9.01. The van der Waals surface area contributed by atoms with Crippen LogP contribution in [-0.2, 0) is 0 Å². The summed E-state index contributed by atoms with van der Waals surface area (Å²) < 4.78 is 6.98. The first-order valence-corrected chi connectivity index (χ1v) is 10.3. The third kappa shape index (κ3) is 2.81. The Morgan fingerprint density at radius 2 is 1.56 bits per heavy atom. The molecule has 0 bridgehead atoms. The van der Waals surface area contributed by atoms with Crippen LogP contribution in [0.5, 0.6) is 11.5 Å². The number of para-hydroxylation sites is 2. The molecule has 0 heterocycles. The fourth-order valence-corrected chi connectivity index (χ4v) is 3.64. The minimum atomic E-state index is -1.43. The Kier molecular flexibility index (Phi) is 3.92. The summed E-state index contributed by atoms with van der Waals surface area (Å²) in [6.45, 7) is 0. The second kappa shape index (κ2) is 5.43. The van der Waals surface area contributed by atoms with Gasteiger partial charge in [0.2, 0.25) is 0 Å². The Morgan fingerprint density at radius 3 is 2.25 bits per heavy atom. The average Bonchev–Trinajstić information content (AvgIpc) is 2.31. The molecule has 0 fully saturated rings. The predicted molar refractivity (Wildman–Crippen MR) is 70.1 cm³/mol. The van der Waals surface area contributed by atoms with Crippen molar-refractivity contribution in [3.05, 3.63) is 54.6 Å². The molecule has 0 saturated heterocycles. The van der Waals surface area contributed by atoms with Crippen molar-refractivity contribution >= 4 is 28.0 Å². The third-order valence-corrected chi connectivity index (χ3v) is 5.28. The molecule has 82 valence electrons. The zero-order valence-electron chi connectivity index (χ0n) is 8.93. The molecule has 0 aliphatic carbocycles. The fourth-order valence-electron chi connectivity index (χ4n) is 1.41. The molecule has 2 aromatic rings. The molecule has 0 spiro atoms. The van der Waals surface area contributed by atoms with Gasteiger partial charge in [0, 0.05) is 0 Å². The van der Waals surface area contributed by atoms with E-state index in [0.717, 1.165) is 15.9 Å². The van der Waals surface area contributed by atoms with E-state index in [9.17, 15) is 0 Å². The summed E-state index contributed by atoms with van der Waals surface area (Å²) in [5.74, 6) is 1.73. The zero-order chi connectivity index (χ0) is 11.4. The van der Waals surface area contributed by atoms with E-state index in [1.807, 2.05) is 54.6 Å². The first kappa shape index (κ1) is 11.6. The van der Waals surface area contributed by atoms with Crippen LogP contribution in [0.25, 0.3) is 0 Å². The van der Waals surface area contributed by atoms with Crippen molar-refractivity contribution in [2.45, 2.75) is 5.71 Å². The number of halogens is 1. The molecule has 0 N–H and O–H groups in total. The van der Waals surface area contributed by atoms with E-state index in [1.54, 1.807) is 0 Å². The summed E-state index contributed by atoms with van der Waals surface area (Å²) >= 11 is -1.43. The van der Waals surface area contributed by atoms with Gasteiger partial charge in [0.15, 0.2) is 0 Å². The second-order valence-electron chi connectivity index (χ2n) is 3.36. The van der Waals surface area contributed by atoms with Crippen molar-refractivity contribution < 1.29 is 4.74 Å². The van der Waals surface area contributed by atoms with Crippen LogP contribution >= 0.6 is 9.95 Å². The Balaban J connectivity index is 2.28. The van der Waals surface area contributed by atoms with Gasteiger partial charge in [-0.05, 0) is 0 Å². The van der Waals surface area contributed by atoms with Crippen LogP contribution in [0.4, 0.5) is 0 Å². The van der Waals surface area contributed by atoms with E-state index in [4.69, 9.17) is 14.7 Å². The molecule has 0 aliphatic rings. The van der Waals surface area contributed by atoms with Crippen LogP contribution in [-0.4, -0.2) is 13.7 Å². The SMILES string of the molecule is C[As](Cl)c1ccccc1Oc1ccccc1. The topological polar surface area (TPSA) is 9.23 Å². The summed E-state index contributed by atoms with van der Waals surface area (Å²) in [7, 11) is 6.24. The van der Waals surface area contributed by atoms with E-state index < -0.39 is 13.7 Å². The van der Waals surface area contributed by atoms with Crippen molar-refractivity contribution in [2.24, 2.45) is 0 Å². The number of ether oxygens (including phenoxy) is 1. The van der Waals surface area contributed by atoms with Crippen LogP contribution in [0.1, 0.15) is 0 Å². The molecule has 0 radical (unpaired) electrons. The van der Waals surface area contributed by atoms with Crippen LogP contribution in [0.15, 0.2) is 54.6 Å². The molecule has 0 amide bonds. The molecular weight excluding hydrogens is 283 g/mol. The molecule has 1 atom stereocenters. The van der Waals surface area contributed by atoms with Crippen LogP contribution in [0.2, 0.25) is 5.71 Å². The summed E-state index contributed by atoms with van der Waals surface area (Å²) in [5.41, 5.74) is 2.09. The summed E-state index contributed by atoms with van der Waals surface area (Å²) in [4.78, 5) is 0. The van der Waals surface area contributed by atoms with Gasteiger partial charge in [-0.15, -0.1) is 0 Å². The molecule has 3 heteroatoms. The quantitative estimate of drug-likeness (QED) is 0.787. The van der Waals surface area contributed by atoms with Crippen molar-refractivity contribution in [1.29, 1.82) is 0 Å². The van der Waals surface area contributed by atoms with E-state index in [1.165, 1.54) is 0 Å². The van der Waals surface area contributed by atoms with Gasteiger partial charge in [-0.1, -0.05) is 0 Å². The van der Waals surface area contributed by atoms with Crippen molar-refractivity contribution in [1.82, 2.24) is 0 Å². The van der Waals surface area contributed by atoms with Gasteiger partial charge >= 0.3 is 105 Å². The molecule has 1 unspecified atom stereocenters. The van der Waals surface area contributed by atoms with Crippen LogP contribution < -0.4 is 9.09 Å². The van der Waals surface area contributed by atoms with Crippen molar-refractivity contribution in [3.63, 3.8) is 0 Å². The number of rotatable bonds is 3. The molecule has 0 aromatic heterocycles. The maximum atomic E-state index is 6.24. The molecule has 16 heavy (non-hydrogen) atoms. The van der Waals surface area contributed by atoms with Gasteiger partial charge in [-0.3, -0.25) is 0 Å². The Labute approximate surface area is 104 Å².